The summed E-state index contributed by atoms with van der Waals surface area (Å²) in [5.74, 6) is 0.0751. The van der Waals surface area contributed by atoms with E-state index in [4.69, 9.17) is 9.88 Å². The van der Waals surface area contributed by atoms with Crippen LogP contribution in [0.1, 0.15) is 19.4 Å². The second-order valence-electron chi connectivity index (χ2n) is 4.34. The Morgan fingerprint density at radius 3 is 2.58 bits per heavy atom. The van der Waals surface area contributed by atoms with Crippen molar-refractivity contribution < 1.29 is 17.9 Å². The number of ether oxygens (including phenoxy) is 1. The van der Waals surface area contributed by atoms with Gasteiger partial charge in [0.2, 0.25) is 15.9 Å². The van der Waals surface area contributed by atoms with Crippen molar-refractivity contribution in [1.82, 2.24) is 5.32 Å². The van der Waals surface area contributed by atoms with E-state index in [9.17, 15) is 13.2 Å². The van der Waals surface area contributed by atoms with E-state index in [1.54, 1.807) is 12.1 Å². The first-order chi connectivity index (χ1) is 8.74. The largest absolute Gasteiger partial charge is 0.495 e. The van der Waals surface area contributed by atoms with E-state index < -0.39 is 10.0 Å². The van der Waals surface area contributed by atoms with E-state index in [1.165, 1.54) is 20.1 Å². The topological polar surface area (TPSA) is 98.5 Å². The van der Waals surface area contributed by atoms with Crippen molar-refractivity contribution in [3.63, 3.8) is 0 Å². The molecule has 0 spiro atoms. The number of carbonyl (C=O) groups is 1. The lowest BCUT2D eigenvalue weighted by Crippen LogP contribution is -2.32. The van der Waals surface area contributed by atoms with Crippen LogP contribution in [0.4, 0.5) is 0 Å². The van der Waals surface area contributed by atoms with Gasteiger partial charge in [0.1, 0.15) is 10.6 Å². The van der Waals surface area contributed by atoms with Gasteiger partial charge in [-0.1, -0.05) is 6.07 Å². The van der Waals surface area contributed by atoms with Crippen LogP contribution in [0.5, 0.6) is 5.75 Å². The van der Waals surface area contributed by atoms with Crippen LogP contribution in [0, 0.1) is 0 Å². The highest BCUT2D eigenvalue weighted by Gasteiger charge is 2.16. The van der Waals surface area contributed by atoms with Gasteiger partial charge in [0.25, 0.3) is 0 Å². The third-order valence-corrected chi connectivity index (χ3v) is 3.46. The number of nitrogens with two attached hydrogens (primary N) is 1. The number of rotatable bonds is 5. The Kier molecular flexibility index (Phi) is 4.90. The van der Waals surface area contributed by atoms with Gasteiger partial charge in [-0.05, 0) is 31.0 Å². The number of hydrogen-bond donors (Lipinski definition) is 2. The maximum absolute atomic E-state index is 11.5. The Bertz CT molecular complexity index is 569. The van der Waals surface area contributed by atoms with Crippen LogP contribution in [0.15, 0.2) is 23.1 Å². The molecule has 0 saturated carbocycles. The number of nitrogens with one attached hydrogen (secondary N) is 1. The first kappa shape index (κ1) is 15.5. The SMILES string of the molecule is COc1ccc(C[C@H](C)NC(C)=O)cc1S(N)(=O)=O. The lowest BCUT2D eigenvalue weighted by atomic mass is 10.1. The molecule has 1 atom stereocenters. The molecular weight excluding hydrogens is 268 g/mol. The van der Waals surface area contributed by atoms with Gasteiger partial charge in [-0.3, -0.25) is 4.79 Å². The maximum atomic E-state index is 11.5. The molecule has 1 aromatic rings. The first-order valence-electron chi connectivity index (χ1n) is 5.71. The Balaban J connectivity index is 3.02. The summed E-state index contributed by atoms with van der Waals surface area (Å²) < 4.78 is 27.9. The summed E-state index contributed by atoms with van der Waals surface area (Å²) in [6, 6.07) is 4.66. The van der Waals surface area contributed by atoms with Crippen LogP contribution < -0.4 is 15.2 Å². The summed E-state index contributed by atoms with van der Waals surface area (Å²) >= 11 is 0. The molecule has 0 aliphatic carbocycles. The normalized spacial score (nSPS) is 12.8. The third kappa shape index (κ3) is 4.53. The third-order valence-electron chi connectivity index (χ3n) is 2.53. The Labute approximate surface area is 113 Å². The van der Waals surface area contributed by atoms with Crippen LogP contribution in [0.2, 0.25) is 0 Å². The van der Waals surface area contributed by atoms with Crippen LogP contribution in [0.3, 0.4) is 0 Å². The van der Waals surface area contributed by atoms with E-state index in [2.05, 4.69) is 5.32 Å². The second kappa shape index (κ2) is 6.03. The minimum absolute atomic E-state index is 0.0532. The molecule has 0 aromatic heterocycles. The molecule has 7 heteroatoms. The monoisotopic (exact) mass is 286 g/mol. The molecule has 0 fully saturated rings. The van der Waals surface area contributed by atoms with E-state index in [0.717, 1.165) is 5.56 Å². The lowest BCUT2D eigenvalue weighted by molar-refractivity contribution is -0.119. The molecule has 0 bridgehead atoms. The summed E-state index contributed by atoms with van der Waals surface area (Å²) in [5.41, 5.74) is 0.756. The highest BCUT2D eigenvalue weighted by molar-refractivity contribution is 7.89. The predicted octanol–water partition coefficient (Wildman–Crippen LogP) is 0.410. The highest BCUT2D eigenvalue weighted by Crippen LogP contribution is 2.24. The fourth-order valence-electron chi connectivity index (χ4n) is 1.82. The molecule has 6 nitrogen and oxygen atoms in total. The van der Waals surface area contributed by atoms with Gasteiger partial charge in [-0.15, -0.1) is 0 Å². The summed E-state index contributed by atoms with van der Waals surface area (Å²) in [5, 5.41) is 7.86. The molecule has 0 aliphatic heterocycles. The summed E-state index contributed by atoms with van der Waals surface area (Å²) in [6.45, 7) is 3.27. The van der Waals surface area contributed by atoms with E-state index in [1.807, 2.05) is 6.92 Å². The van der Waals surface area contributed by atoms with Gasteiger partial charge in [-0.2, -0.15) is 0 Å². The number of primary sulfonamides is 1. The molecule has 0 saturated heterocycles. The van der Waals surface area contributed by atoms with Crippen molar-refractivity contribution in [3.8, 4) is 5.75 Å². The fourth-order valence-corrected chi connectivity index (χ4v) is 2.57. The summed E-state index contributed by atoms with van der Waals surface area (Å²) in [7, 11) is -2.46. The van der Waals surface area contributed by atoms with Gasteiger partial charge in [0.05, 0.1) is 7.11 Å². The minimum Gasteiger partial charge on any atom is -0.495 e. The average molecular weight is 286 g/mol. The van der Waals surface area contributed by atoms with Crippen LogP contribution in [0.25, 0.3) is 0 Å². The van der Waals surface area contributed by atoms with Gasteiger partial charge in [0.15, 0.2) is 0 Å². The van der Waals surface area contributed by atoms with E-state index in [-0.39, 0.29) is 22.6 Å². The van der Waals surface area contributed by atoms with Crippen LogP contribution >= 0.6 is 0 Å². The van der Waals surface area contributed by atoms with Crippen molar-refractivity contribution >= 4 is 15.9 Å². The molecule has 0 unspecified atom stereocenters. The van der Waals surface area contributed by atoms with Gasteiger partial charge in [-0.25, -0.2) is 13.6 Å². The lowest BCUT2D eigenvalue weighted by Gasteiger charge is -2.14. The first-order valence-corrected chi connectivity index (χ1v) is 7.25. The molecule has 0 heterocycles. The zero-order chi connectivity index (χ0) is 14.6. The van der Waals surface area contributed by atoms with Crippen molar-refractivity contribution in [2.24, 2.45) is 5.14 Å². The van der Waals surface area contributed by atoms with Crippen molar-refractivity contribution in [2.45, 2.75) is 31.2 Å². The smallest absolute Gasteiger partial charge is 0.241 e. The number of carbonyl (C=O) groups excluding carboxylic acids is 1. The van der Waals surface area contributed by atoms with Crippen molar-refractivity contribution in [3.05, 3.63) is 23.8 Å². The van der Waals surface area contributed by atoms with Crippen molar-refractivity contribution in [1.29, 1.82) is 0 Å². The molecule has 0 radical (unpaired) electrons. The number of amides is 1. The van der Waals surface area contributed by atoms with E-state index >= 15 is 0 Å². The molecule has 19 heavy (non-hydrogen) atoms. The maximum Gasteiger partial charge on any atom is 0.241 e. The van der Waals surface area contributed by atoms with E-state index in [0.29, 0.717) is 6.42 Å². The van der Waals surface area contributed by atoms with Gasteiger partial charge < -0.3 is 10.1 Å². The zero-order valence-electron chi connectivity index (χ0n) is 11.1. The molecule has 1 rings (SSSR count). The number of benzene rings is 1. The Morgan fingerprint density at radius 1 is 1.47 bits per heavy atom. The molecular formula is C12H18N2O4S. The Morgan fingerprint density at radius 2 is 2.11 bits per heavy atom. The molecule has 3 N–H and O–H groups in total. The van der Waals surface area contributed by atoms with Crippen LogP contribution in [-0.4, -0.2) is 27.5 Å². The number of methoxy groups -OCH3 is 1. The zero-order valence-corrected chi connectivity index (χ0v) is 12.0. The minimum atomic E-state index is -3.84. The highest BCUT2D eigenvalue weighted by atomic mass is 32.2. The summed E-state index contributed by atoms with van der Waals surface area (Å²) in [4.78, 5) is 10.9. The predicted molar refractivity (Wildman–Crippen MR) is 71.3 cm³/mol. The Hall–Kier alpha value is -1.60. The average Bonchev–Trinajstić information content (AvgIpc) is 2.26. The number of hydrogen-bond acceptors (Lipinski definition) is 4. The van der Waals surface area contributed by atoms with Gasteiger partial charge >= 0.3 is 0 Å². The standard InChI is InChI=1S/C12H18N2O4S/c1-8(14-9(2)15)6-10-4-5-11(18-3)12(7-10)19(13,16)17/h4-5,7-8H,6H2,1-3H3,(H,14,15)(H2,13,16,17)/t8-/m0/s1. The molecule has 1 amide bonds. The van der Waals surface area contributed by atoms with Gasteiger partial charge in [0, 0.05) is 13.0 Å². The van der Waals surface area contributed by atoms with Crippen molar-refractivity contribution in [2.75, 3.05) is 7.11 Å². The molecule has 0 aliphatic rings. The molecule has 106 valence electrons. The number of sulfonamides is 1. The summed E-state index contributed by atoms with van der Waals surface area (Å²) in [6.07, 6.45) is 0.506. The quantitative estimate of drug-likeness (QED) is 0.819. The molecule has 1 aromatic carbocycles. The second-order valence-corrected chi connectivity index (χ2v) is 5.87. The fraction of sp³-hybridized carbons (Fsp3) is 0.417. The van der Waals surface area contributed by atoms with Crippen LogP contribution in [-0.2, 0) is 21.2 Å².